The molecule has 102 valence electrons. The first-order chi connectivity index (χ1) is 9.04. The third-order valence-electron chi connectivity index (χ3n) is 3.64. The van der Waals surface area contributed by atoms with Crippen molar-refractivity contribution in [3.63, 3.8) is 0 Å². The molecular weight excluding hydrogens is 240 g/mol. The molecule has 0 amide bonds. The zero-order valence-corrected chi connectivity index (χ0v) is 11.8. The molecule has 0 aliphatic rings. The normalized spacial score (nSPS) is 14.2. The zero-order valence-electron chi connectivity index (χ0n) is 11.8. The van der Waals surface area contributed by atoms with Gasteiger partial charge in [-0.25, -0.2) is 4.98 Å². The van der Waals surface area contributed by atoms with Crippen molar-refractivity contribution in [1.82, 2.24) is 9.55 Å². The second kappa shape index (κ2) is 5.45. The first-order valence-corrected chi connectivity index (χ1v) is 6.36. The van der Waals surface area contributed by atoms with Gasteiger partial charge < -0.3 is 14.4 Å². The third-order valence-corrected chi connectivity index (χ3v) is 3.64. The van der Waals surface area contributed by atoms with Crippen LogP contribution in [0.25, 0.3) is 0 Å². The van der Waals surface area contributed by atoms with Gasteiger partial charge in [0.25, 0.3) is 0 Å². The molecule has 0 aliphatic carbocycles. The number of aryl methyl sites for hydroxylation is 1. The van der Waals surface area contributed by atoms with Crippen molar-refractivity contribution < 1.29 is 9.84 Å². The van der Waals surface area contributed by atoms with Crippen LogP contribution in [0.2, 0.25) is 0 Å². The molecule has 0 fully saturated rings. The van der Waals surface area contributed by atoms with Gasteiger partial charge in [-0.1, -0.05) is 12.1 Å². The minimum Gasteiger partial charge on any atom is -0.497 e. The zero-order chi connectivity index (χ0) is 14.0. The number of rotatable bonds is 4. The molecule has 1 heterocycles. The van der Waals surface area contributed by atoms with Crippen LogP contribution < -0.4 is 4.74 Å². The Morgan fingerprint density at radius 2 is 1.84 bits per heavy atom. The van der Waals surface area contributed by atoms with Crippen LogP contribution in [0.3, 0.4) is 0 Å². The summed E-state index contributed by atoms with van der Waals surface area (Å²) in [5.74, 6) is 0.790. The van der Waals surface area contributed by atoms with Gasteiger partial charge in [-0.15, -0.1) is 0 Å². The van der Waals surface area contributed by atoms with E-state index in [4.69, 9.17) is 4.74 Å². The molecule has 4 nitrogen and oxygen atoms in total. The van der Waals surface area contributed by atoms with E-state index < -0.39 is 6.10 Å². The fourth-order valence-electron chi connectivity index (χ4n) is 2.16. The van der Waals surface area contributed by atoms with E-state index in [1.54, 1.807) is 13.4 Å². The average Bonchev–Trinajstić information content (AvgIpc) is 2.77. The molecule has 19 heavy (non-hydrogen) atoms. The summed E-state index contributed by atoms with van der Waals surface area (Å²) in [5, 5.41) is 10.5. The van der Waals surface area contributed by atoms with Gasteiger partial charge in [0.1, 0.15) is 5.75 Å². The Kier molecular flexibility index (Phi) is 3.90. The van der Waals surface area contributed by atoms with Crippen LogP contribution in [-0.2, 0) is 0 Å². The first kappa shape index (κ1) is 13.6. The van der Waals surface area contributed by atoms with Crippen molar-refractivity contribution in [3.8, 4) is 5.75 Å². The molecule has 1 aromatic heterocycles. The summed E-state index contributed by atoms with van der Waals surface area (Å²) in [7, 11) is 1.63. The van der Waals surface area contributed by atoms with Crippen LogP contribution in [0.4, 0.5) is 0 Å². The molecule has 0 spiro atoms. The SMILES string of the molecule is COc1ccc(C(O)C(C)n2cnc(C)c2C)cc1. The molecule has 2 atom stereocenters. The van der Waals surface area contributed by atoms with Gasteiger partial charge in [0, 0.05) is 5.69 Å². The summed E-state index contributed by atoms with van der Waals surface area (Å²) in [6.45, 7) is 5.97. The number of hydrogen-bond donors (Lipinski definition) is 1. The second-order valence-electron chi connectivity index (χ2n) is 4.78. The van der Waals surface area contributed by atoms with Gasteiger partial charge in [0.2, 0.25) is 0 Å². The van der Waals surface area contributed by atoms with E-state index in [9.17, 15) is 5.11 Å². The summed E-state index contributed by atoms with van der Waals surface area (Å²) in [4.78, 5) is 4.27. The second-order valence-corrected chi connectivity index (χ2v) is 4.78. The molecule has 4 heteroatoms. The van der Waals surface area contributed by atoms with Crippen LogP contribution in [0.15, 0.2) is 30.6 Å². The largest absolute Gasteiger partial charge is 0.497 e. The number of aliphatic hydroxyl groups is 1. The van der Waals surface area contributed by atoms with Crippen LogP contribution in [-0.4, -0.2) is 21.8 Å². The maximum absolute atomic E-state index is 10.5. The molecule has 2 rings (SSSR count). The Labute approximate surface area is 113 Å². The third kappa shape index (κ3) is 2.63. The number of hydrogen-bond acceptors (Lipinski definition) is 3. The van der Waals surface area contributed by atoms with Crippen LogP contribution in [0.5, 0.6) is 5.75 Å². The first-order valence-electron chi connectivity index (χ1n) is 6.36. The van der Waals surface area contributed by atoms with Crippen molar-refractivity contribution in [3.05, 3.63) is 47.5 Å². The molecule has 1 aromatic carbocycles. The van der Waals surface area contributed by atoms with Crippen molar-refractivity contribution >= 4 is 0 Å². The van der Waals surface area contributed by atoms with E-state index in [-0.39, 0.29) is 6.04 Å². The standard InChI is InChI=1S/C15H20N2O2/c1-10-11(2)17(9-16-10)12(3)15(18)13-5-7-14(19-4)8-6-13/h5-9,12,15,18H,1-4H3. The lowest BCUT2D eigenvalue weighted by Crippen LogP contribution is -2.15. The summed E-state index contributed by atoms with van der Waals surface area (Å²) in [5.41, 5.74) is 2.95. The van der Waals surface area contributed by atoms with E-state index in [0.717, 1.165) is 22.7 Å². The quantitative estimate of drug-likeness (QED) is 0.919. The molecule has 2 aromatic rings. The highest BCUT2D eigenvalue weighted by atomic mass is 16.5. The molecule has 0 saturated carbocycles. The van der Waals surface area contributed by atoms with Gasteiger partial charge in [-0.3, -0.25) is 0 Å². The topological polar surface area (TPSA) is 47.3 Å². The van der Waals surface area contributed by atoms with Gasteiger partial charge in [-0.05, 0) is 38.5 Å². The lowest BCUT2D eigenvalue weighted by molar-refractivity contribution is 0.121. The number of nitrogens with zero attached hydrogens (tertiary/aromatic N) is 2. The van der Waals surface area contributed by atoms with Crippen molar-refractivity contribution in [1.29, 1.82) is 0 Å². The monoisotopic (exact) mass is 260 g/mol. The summed E-state index contributed by atoms with van der Waals surface area (Å²) in [6.07, 6.45) is 1.21. The maximum atomic E-state index is 10.5. The highest BCUT2D eigenvalue weighted by Gasteiger charge is 2.19. The molecule has 1 N–H and O–H groups in total. The Morgan fingerprint density at radius 3 is 2.32 bits per heavy atom. The highest BCUT2D eigenvalue weighted by Crippen LogP contribution is 2.28. The predicted octanol–water partition coefficient (Wildman–Crippen LogP) is 2.80. The lowest BCUT2D eigenvalue weighted by Gasteiger charge is -2.22. The van der Waals surface area contributed by atoms with E-state index in [2.05, 4.69) is 4.98 Å². The minimum atomic E-state index is -0.571. The van der Waals surface area contributed by atoms with Crippen molar-refractivity contribution in [2.75, 3.05) is 7.11 Å². The summed E-state index contributed by atoms with van der Waals surface area (Å²) >= 11 is 0. The Balaban J connectivity index is 2.22. The lowest BCUT2D eigenvalue weighted by atomic mass is 10.0. The van der Waals surface area contributed by atoms with Crippen LogP contribution in [0.1, 0.15) is 36.0 Å². The van der Waals surface area contributed by atoms with E-state index in [0.29, 0.717) is 0 Å². The van der Waals surface area contributed by atoms with E-state index in [1.807, 2.05) is 49.6 Å². The number of ether oxygens (including phenoxy) is 1. The van der Waals surface area contributed by atoms with E-state index >= 15 is 0 Å². The Morgan fingerprint density at radius 1 is 1.21 bits per heavy atom. The molecule has 2 unspecified atom stereocenters. The fraction of sp³-hybridized carbons (Fsp3) is 0.400. The number of benzene rings is 1. The minimum absolute atomic E-state index is 0.0606. The summed E-state index contributed by atoms with van der Waals surface area (Å²) in [6, 6.07) is 7.43. The Bertz CT molecular complexity index is 546. The number of imidazole rings is 1. The van der Waals surface area contributed by atoms with Gasteiger partial charge >= 0.3 is 0 Å². The Hall–Kier alpha value is -1.81. The number of aromatic nitrogens is 2. The van der Waals surface area contributed by atoms with Gasteiger partial charge in [0.15, 0.2) is 0 Å². The average molecular weight is 260 g/mol. The van der Waals surface area contributed by atoms with Gasteiger partial charge in [-0.2, -0.15) is 0 Å². The smallest absolute Gasteiger partial charge is 0.118 e. The summed E-state index contributed by atoms with van der Waals surface area (Å²) < 4.78 is 7.12. The predicted molar refractivity (Wildman–Crippen MR) is 74.4 cm³/mol. The van der Waals surface area contributed by atoms with Crippen LogP contribution in [0, 0.1) is 13.8 Å². The van der Waals surface area contributed by atoms with Crippen molar-refractivity contribution in [2.24, 2.45) is 0 Å². The molecule has 0 saturated heterocycles. The highest BCUT2D eigenvalue weighted by molar-refractivity contribution is 5.29. The van der Waals surface area contributed by atoms with Crippen molar-refractivity contribution in [2.45, 2.75) is 32.9 Å². The molecule has 0 bridgehead atoms. The maximum Gasteiger partial charge on any atom is 0.118 e. The molecule has 0 aliphatic heterocycles. The molecule has 0 radical (unpaired) electrons. The number of methoxy groups -OCH3 is 1. The molecular formula is C15H20N2O2. The van der Waals surface area contributed by atoms with Gasteiger partial charge in [0.05, 0.1) is 31.3 Å². The fourth-order valence-corrected chi connectivity index (χ4v) is 2.16. The van der Waals surface area contributed by atoms with Crippen LogP contribution >= 0.6 is 0 Å². The van der Waals surface area contributed by atoms with E-state index in [1.165, 1.54) is 0 Å². The number of aliphatic hydroxyl groups excluding tert-OH is 1.